The summed E-state index contributed by atoms with van der Waals surface area (Å²) in [7, 11) is 2.18. The molecule has 2 aliphatic heterocycles. The molecular weight excluding hydrogens is 473 g/mol. The summed E-state index contributed by atoms with van der Waals surface area (Å²) in [5.41, 5.74) is 2.18. The SMILES string of the molecule is CC(=O)Oc1cc(I)c2c3c1O[C@H]1[C@@H](OC(C)=O)C=C[C@H]4[C@@H](C2)N(C)CC[C@@]341. The van der Waals surface area contributed by atoms with Crippen LogP contribution in [0.4, 0.5) is 0 Å². The van der Waals surface area contributed by atoms with Crippen LogP contribution < -0.4 is 9.47 Å². The fourth-order valence-electron chi connectivity index (χ4n) is 5.77. The van der Waals surface area contributed by atoms with Crippen LogP contribution in [0.3, 0.4) is 0 Å². The van der Waals surface area contributed by atoms with Crippen LogP contribution in [0.2, 0.25) is 0 Å². The van der Waals surface area contributed by atoms with E-state index in [4.69, 9.17) is 14.2 Å². The summed E-state index contributed by atoms with van der Waals surface area (Å²) in [5, 5.41) is 0. The second kappa shape index (κ2) is 6.19. The molecule has 2 bridgehead atoms. The molecule has 6 nitrogen and oxygen atoms in total. The number of piperidine rings is 1. The average molecular weight is 495 g/mol. The first kappa shape index (κ1) is 18.4. The molecule has 1 aromatic rings. The number of nitrogens with zero attached hydrogens (tertiary/aromatic N) is 1. The molecule has 0 amide bonds. The minimum Gasteiger partial charge on any atom is -0.481 e. The van der Waals surface area contributed by atoms with Crippen LogP contribution in [-0.2, 0) is 26.2 Å². The molecule has 2 aliphatic carbocycles. The van der Waals surface area contributed by atoms with Crippen LogP contribution in [-0.4, -0.2) is 48.7 Å². The quantitative estimate of drug-likeness (QED) is 0.272. The molecular formula is C21H22INO5. The van der Waals surface area contributed by atoms with Gasteiger partial charge in [0.2, 0.25) is 0 Å². The van der Waals surface area contributed by atoms with E-state index in [2.05, 4.69) is 40.6 Å². The normalized spacial score (nSPS) is 34.4. The highest BCUT2D eigenvalue weighted by atomic mass is 127. The van der Waals surface area contributed by atoms with Crippen LogP contribution in [0.25, 0.3) is 0 Å². The van der Waals surface area contributed by atoms with Gasteiger partial charge >= 0.3 is 11.9 Å². The van der Waals surface area contributed by atoms with Crippen molar-refractivity contribution in [3.63, 3.8) is 0 Å². The Kier molecular flexibility index (Phi) is 4.07. The maximum absolute atomic E-state index is 11.7. The molecule has 28 heavy (non-hydrogen) atoms. The van der Waals surface area contributed by atoms with Crippen molar-refractivity contribution in [2.75, 3.05) is 13.6 Å². The zero-order chi connectivity index (χ0) is 19.8. The molecule has 0 aromatic heterocycles. The van der Waals surface area contributed by atoms with Crippen molar-refractivity contribution in [3.8, 4) is 11.5 Å². The van der Waals surface area contributed by atoms with Crippen molar-refractivity contribution in [3.05, 3.63) is 32.9 Å². The number of esters is 2. The van der Waals surface area contributed by atoms with Crippen molar-refractivity contribution in [2.24, 2.45) is 5.92 Å². The van der Waals surface area contributed by atoms with E-state index in [1.54, 1.807) is 0 Å². The first-order valence-electron chi connectivity index (χ1n) is 9.59. The van der Waals surface area contributed by atoms with E-state index in [0.29, 0.717) is 17.5 Å². The molecule has 0 saturated carbocycles. The van der Waals surface area contributed by atoms with Crippen molar-refractivity contribution >= 4 is 34.5 Å². The monoisotopic (exact) mass is 495 g/mol. The number of hydrogen-bond donors (Lipinski definition) is 0. The van der Waals surface area contributed by atoms with Crippen LogP contribution in [0.1, 0.15) is 31.4 Å². The van der Waals surface area contributed by atoms with Crippen LogP contribution in [0, 0.1) is 9.49 Å². The van der Waals surface area contributed by atoms with Crippen molar-refractivity contribution in [1.29, 1.82) is 0 Å². The smallest absolute Gasteiger partial charge is 0.308 e. The lowest BCUT2D eigenvalue weighted by molar-refractivity contribution is -0.152. The van der Waals surface area contributed by atoms with Gasteiger partial charge in [-0.1, -0.05) is 6.08 Å². The standard InChI is InChI=1S/C21H22INO5/c1-10(24)26-16-5-4-13-15-8-12-14(22)9-17(27-11(2)25)19-18(12)21(13,20(16)28-19)6-7-23(15)3/h4-5,9,13,15-16,20H,6-8H2,1-3H3/t13-,15+,16-,20-,21-/m0/s1. The third kappa shape index (κ3) is 2.35. The van der Waals surface area contributed by atoms with Gasteiger partial charge in [-0.3, -0.25) is 9.59 Å². The topological polar surface area (TPSA) is 65.1 Å². The van der Waals surface area contributed by atoms with Crippen LogP contribution >= 0.6 is 22.6 Å². The van der Waals surface area contributed by atoms with Gasteiger partial charge in [0.05, 0.1) is 0 Å². The highest BCUT2D eigenvalue weighted by Crippen LogP contribution is 2.63. The zero-order valence-corrected chi connectivity index (χ0v) is 18.2. The fourth-order valence-corrected chi connectivity index (χ4v) is 6.54. The summed E-state index contributed by atoms with van der Waals surface area (Å²) >= 11 is 2.33. The molecule has 2 heterocycles. The Hall–Kier alpha value is -1.61. The molecule has 1 aromatic carbocycles. The third-order valence-corrected chi connectivity index (χ3v) is 7.71. The predicted octanol–water partition coefficient (Wildman–Crippen LogP) is 2.59. The van der Waals surface area contributed by atoms with Crippen molar-refractivity contribution < 1.29 is 23.8 Å². The molecule has 1 spiro atoms. The number of rotatable bonds is 2. The summed E-state index contributed by atoms with van der Waals surface area (Å²) in [5.74, 6) is 0.715. The van der Waals surface area contributed by atoms with Gasteiger partial charge in [-0.05, 0) is 66.7 Å². The van der Waals surface area contributed by atoms with Gasteiger partial charge in [-0.25, -0.2) is 0 Å². The van der Waals surface area contributed by atoms with E-state index in [9.17, 15) is 9.59 Å². The van der Waals surface area contributed by atoms with E-state index in [1.165, 1.54) is 19.4 Å². The molecule has 5 atom stereocenters. The summed E-state index contributed by atoms with van der Waals surface area (Å²) in [6.45, 7) is 3.78. The van der Waals surface area contributed by atoms with E-state index in [1.807, 2.05) is 12.1 Å². The van der Waals surface area contributed by atoms with Gasteiger partial charge in [0, 0.05) is 40.4 Å². The summed E-state index contributed by atoms with van der Waals surface area (Å²) < 4.78 is 18.7. The first-order chi connectivity index (χ1) is 13.3. The Bertz CT molecular complexity index is 928. The second-order valence-corrected chi connectivity index (χ2v) is 9.36. The number of likely N-dealkylation sites (tertiary alicyclic amines) is 1. The van der Waals surface area contributed by atoms with Gasteiger partial charge < -0.3 is 19.1 Å². The maximum Gasteiger partial charge on any atom is 0.308 e. The van der Waals surface area contributed by atoms with Gasteiger partial charge in [0.15, 0.2) is 17.6 Å². The van der Waals surface area contributed by atoms with Gasteiger partial charge in [-0.15, -0.1) is 0 Å². The highest BCUT2D eigenvalue weighted by molar-refractivity contribution is 14.1. The summed E-state index contributed by atoms with van der Waals surface area (Å²) in [6.07, 6.45) is 5.30. The van der Waals surface area contributed by atoms with Crippen LogP contribution in [0.5, 0.6) is 11.5 Å². The Morgan fingerprint density at radius 2 is 2.07 bits per heavy atom. The zero-order valence-electron chi connectivity index (χ0n) is 16.0. The Morgan fingerprint density at radius 3 is 2.79 bits per heavy atom. The largest absolute Gasteiger partial charge is 0.481 e. The maximum atomic E-state index is 11.7. The number of carbonyl (C=O) groups is 2. The number of benzene rings is 1. The molecule has 5 rings (SSSR count). The lowest BCUT2D eigenvalue weighted by atomic mass is 9.53. The molecule has 1 saturated heterocycles. The minimum absolute atomic E-state index is 0.259. The van der Waals surface area contributed by atoms with E-state index < -0.39 is 6.10 Å². The molecule has 0 radical (unpaired) electrons. The molecule has 0 unspecified atom stereocenters. The van der Waals surface area contributed by atoms with E-state index in [0.717, 1.165) is 28.5 Å². The van der Waals surface area contributed by atoms with Crippen molar-refractivity contribution in [1.82, 2.24) is 4.90 Å². The molecule has 1 fully saturated rings. The summed E-state index contributed by atoms with van der Waals surface area (Å²) in [6, 6.07) is 2.27. The van der Waals surface area contributed by atoms with Gasteiger partial charge in [-0.2, -0.15) is 0 Å². The predicted molar refractivity (Wildman–Crippen MR) is 109 cm³/mol. The molecule has 148 valence electrons. The fraction of sp³-hybridized carbons (Fsp3) is 0.524. The number of halogens is 1. The highest BCUT2D eigenvalue weighted by Gasteiger charge is 2.65. The number of carbonyl (C=O) groups excluding carboxylic acids is 2. The number of hydrogen-bond acceptors (Lipinski definition) is 6. The summed E-state index contributed by atoms with van der Waals surface area (Å²) in [4.78, 5) is 25.9. The van der Waals surface area contributed by atoms with E-state index in [-0.39, 0.29) is 29.4 Å². The van der Waals surface area contributed by atoms with Crippen molar-refractivity contribution in [2.45, 2.75) is 50.4 Å². The van der Waals surface area contributed by atoms with Gasteiger partial charge in [0.25, 0.3) is 0 Å². The molecule has 0 N–H and O–H groups in total. The number of likely N-dealkylation sites (N-methyl/N-ethyl adjacent to an activating group) is 1. The number of ether oxygens (including phenoxy) is 3. The molecule has 4 aliphatic rings. The third-order valence-electron chi connectivity index (χ3n) is 6.75. The Labute approximate surface area is 177 Å². The molecule has 7 heteroatoms. The second-order valence-electron chi connectivity index (χ2n) is 8.20. The minimum atomic E-state index is -0.445. The lowest BCUT2D eigenvalue weighted by Gasteiger charge is -2.56. The van der Waals surface area contributed by atoms with E-state index >= 15 is 0 Å². The van der Waals surface area contributed by atoms with Crippen LogP contribution in [0.15, 0.2) is 18.2 Å². The Morgan fingerprint density at radius 1 is 1.29 bits per heavy atom. The lowest BCUT2D eigenvalue weighted by Crippen LogP contribution is -2.65. The van der Waals surface area contributed by atoms with Gasteiger partial charge in [0.1, 0.15) is 6.10 Å². The first-order valence-corrected chi connectivity index (χ1v) is 10.7. The Balaban J connectivity index is 1.75. The average Bonchev–Trinajstić information content (AvgIpc) is 2.96.